The number of methoxy groups -OCH3 is 2. The Morgan fingerprint density at radius 2 is 1.86 bits per heavy atom. The van der Waals surface area contributed by atoms with E-state index in [4.69, 9.17) is 9.47 Å². The zero-order valence-corrected chi connectivity index (χ0v) is 13.7. The van der Waals surface area contributed by atoms with Crippen LogP contribution in [0.2, 0.25) is 0 Å². The van der Waals surface area contributed by atoms with Gasteiger partial charge in [-0.25, -0.2) is 0 Å². The van der Waals surface area contributed by atoms with Crippen LogP contribution in [0, 0.1) is 11.3 Å². The molecule has 0 aromatic heterocycles. The van der Waals surface area contributed by atoms with Crippen molar-refractivity contribution < 1.29 is 14.6 Å². The fourth-order valence-corrected chi connectivity index (χ4v) is 2.41. The zero-order chi connectivity index (χ0) is 16.1. The minimum atomic E-state index is 0.0302. The number of halogens is 1. The van der Waals surface area contributed by atoms with E-state index in [0.29, 0.717) is 15.8 Å². The predicted molar refractivity (Wildman–Crippen MR) is 88.8 cm³/mol. The number of hydrogen-bond acceptors (Lipinski definition) is 4. The summed E-state index contributed by atoms with van der Waals surface area (Å²) in [6, 6.07) is 12.8. The lowest BCUT2D eigenvalue weighted by Crippen LogP contribution is -1.88. The van der Waals surface area contributed by atoms with Gasteiger partial charge in [-0.2, -0.15) is 5.26 Å². The molecule has 0 aliphatic heterocycles. The van der Waals surface area contributed by atoms with E-state index in [-0.39, 0.29) is 5.75 Å². The largest absolute Gasteiger partial charge is 0.503 e. The molecule has 0 bridgehead atoms. The predicted octanol–water partition coefficient (Wildman–Crippen LogP) is 4.24. The average Bonchev–Trinajstić information content (AvgIpc) is 2.55. The molecular weight excluding hydrogens is 346 g/mol. The average molecular weight is 360 g/mol. The van der Waals surface area contributed by atoms with Gasteiger partial charge in [0.15, 0.2) is 11.5 Å². The maximum atomic E-state index is 9.82. The van der Waals surface area contributed by atoms with Crippen LogP contribution in [-0.2, 0) is 0 Å². The molecule has 0 saturated carbocycles. The number of hydrogen-bond donors (Lipinski definition) is 1. The van der Waals surface area contributed by atoms with Crippen molar-refractivity contribution in [3.63, 3.8) is 0 Å². The smallest absolute Gasteiger partial charge is 0.172 e. The molecule has 112 valence electrons. The number of aromatic hydroxyl groups is 1. The summed E-state index contributed by atoms with van der Waals surface area (Å²) in [4.78, 5) is 0. The maximum absolute atomic E-state index is 9.82. The van der Waals surface area contributed by atoms with Crippen molar-refractivity contribution in [3.05, 3.63) is 52.0 Å². The molecule has 0 fully saturated rings. The van der Waals surface area contributed by atoms with Gasteiger partial charge >= 0.3 is 0 Å². The molecule has 2 aromatic rings. The van der Waals surface area contributed by atoms with E-state index in [1.807, 2.05) is 12.1 Å². The highest BCUT2D eigenvalue weighted by atomic mass is 79.9. The summed E-state index contributed by atoms with van der Waals surface area (Å²) < 4.78 is 10.7. The van der Waals surface area contributed by atoms with Crippen LogP contribution in [0.15, 0.2) is 40.9 Å². The third-order valence-corrected chi connectivity index (χ3v) is 3.71. The quantitative estimate of drug-likeness (QED) is 0.655. The van der Waals surface area contributed by atoms with Crippen LogP contribution >= 0.6 is 15.9 Å². The molecule has 0 spiro atoms. The lowest BCUT2D eigenvalue weighted by molar-refractivity contribution is 0.372. The molecule has 2 rings (SSSR count). The number of allylic oxidation sites excluding steroid dienone is 1. The van der Waals surface area contributed by atoms with Crippen LogP contribution in [0.1, 0.15) is 11.1 Å². The Morgan fingerprint density at radius 3 is 2.41 bits per heavy atom. The Hall–Kier alpha value is -2.45. The number of nitrogens with zero attached hydrogens (tertiary/aromatic N) is 1. The Bertz CT molecular complexity index is 746. The van der Waals surface area contributed by atoms with Gasteiger partial charge in [-0.3, -0.25) is 0 Å². The first-order valence-corrected chi connectivity index (χ1v) is 7.21. The van der Waals surface area contributed by atoms with Crippen LogP contribution in [0.5, 0.6) is 17.2 Å². The molecule has 0 saturated heterocycles. The molecule has 0 unspecified atom stereocenters. The van der Waals surface area contributed by atoms with Crippen molar-refractivity contribution >= 4 is 27.6 Å². The minimum absolute atomic E-state index is 0.0302. The standard InChI is InChI=1S/C17H14BrNO3/c1-21-14-5-3-12(4-6-14)13(10-19)7-11-8-15(18)17(20)16(9-11)22-2/h3-9,20H,1-2H3/b13-7+. The van der Waals surface area contributed by atoms with Crippen LogP contribution in [0.4, 0.5) is 0 Å². The van der Waals surface area contributed by atoms with Gasteiger partial charge in [0, 0.05) is 0 Å². The first-order chi connectivity index (χ1) is 10.6. The number of benzene rings is 2. The number of phenols is 1. The summed E-state index contributed by atoms with van der Waals surface area (Å²) in [6.45, 7) is 0. The fraction of sp³-hybridized carbons (Fsp3) is 0.118. The number of phenolic OH excluding ortho intramolecular Hbond substituents is 1. The minimum Gasteiger partial charge on any atom is -0.503 e. The third kappa shape index (κ3) is 3.41. The second-order valence-electron chi connectivity index (χ2n) is 4.45. The number of nitriles is 1. The van der Waals surface area contributed by atoms with Gasteiger partial charge < -0.3 is 14.6 Å². The van der Waals surface area contributed by atoms with Gasteiger partial charge in [-0.15, -0.1) is 0 Å². The summed E-state index contributed by atoms with van der Waals surface area (Å²) >= 11 is 3.27. The number of rotatable bonds is 4. The Morgan fingerprint density at radius 1 is 1.18 bits per heavy atom. The topological polar surface area (TPSA) is 62.5 Å². The van der Waals surface area contributed by atoms with Crippen molar-refractivity contribution in [2.75, 3.05) is 14.2 Å². The highest BCUT2D eigenvalue weighted by Crippen LogP contribution is 2.36. The first-order valence-electron chi connectivity index (χ1n) is 6.41. The van der Waals surface area contributed by atoms with E-state index in [0.717, 1.165) is 16.9 Å². The second-order valence-corrected chi connectivity index (χ2v) is 5.31. The van der Waals surface area contributed by atoms with Crippen molar-refractivity contribution in [2.24, 2.45) is 0 Å². The summed E-state index contributed by atoms with van der Waals surface area (Å²) in [5, 5.41) is 19.2. The van der Waals surface area contributed by atoms with Crippen LogP contribution in [0.25, 0.3) is 11.6 Å². The fourth-order valence-electron chi connectivity index (χ4n) is 1.95. The molecule has 2 aromatic carbocycles. The molecular formula is C17H14BrNO3. The second kappa shape index (κ2) is 7.01. The number of ether oxygens (including phenoxy) is 2. The first kappa shape index (κ1) is 15.9. The highest BCUT2D eigenvalue weighted by molar-refractivity contribution is 9.10. The Kier molecular flexibility index (Phi) is 5.08. The van der Waals surface area contributed by atoms with Crippen molar-refractivity contribution in [2.45, 2.75) is 0 Å². The molecule has 0 aliphatic rings. The van der Waals surface area contributed by atoms with E-state index in [1.54, 1.807) is 37.5 Å². The highest BCUT2D eigenvalue weighted by Gasteiger charge is 2.09. The lowest BCUT2D eigenvalue weighted by atomic mass is 10.0. The van der Waals surface area contributed by atoms with Gasteiger partial charge in [0.25, 0.3) is 0 Å². The van der Waals surface area contributed by atoms with E-state index in [1.165, 1.54) is 7.11 Å². The van der Waals surface area contributed by atoms with Crippen molar-refractivity contribution in [1.82, 2.24) is 0 Å². The monoisotopic (exact) mass is 359 g/mol. The SMILES string of the molecule is COc1ccc(/C(C#N)=C/c2cc(Br)c(O)c(OC)c2)cc1. The van der Waals surface area contributed by atoms with E-state index >= 15 is 0 Å². The zero-order valence-electron chi connectivity index (χ0n) is 12.1. The van der Waals surface area contributed by atoms with Crippen molar-refractivity contribution in [1.29, 1.82) is 5.26 Å². The normalized spacial score (nSPS) is 10.9. The molecule has 0 aliphatic carbocycles. The third-order valence-electron chi connectivity index (χ3n) is 3.10. The molecule has 5 heteroatoms. The summed E-state index contributed by atoms with van der Waals surface area (Å²) in [7, 11) is 3.07. The van der Waals surface area contributed by atoms with E-state index in [9.17, 15) is 10.4 Å². The van der Waals surface area contributed by atoms with Gasteiger partial charge in [-0.1, -0.05) is 0 Å². The lowest BCUT2D eigenvalue weighted by Gasteiger charge is -2.07. The molecule has 4 nitrogen and oxygen atoms in total. The maximum Gasteiger partial charge on any atom is 0.172 e. The summed E-state index contributed by atoms with van der Waals surface area (Å²) in [5.74, 6) is 1.10. The molecule has 1 N–H and O–H groups in total. The van der Waals surface area contributed by atoms with Gasteiger partial charge in [0.05, 0.1) is 30.3 Å². The molecule has 22 heavy (non-hydrogen) atoms. The van der Waals surface area contributed by atoms with E-state index < -0.39 is 0 Å². The van der Waals surface area contributed by atoms with Crippen LogP contribution in [0.3, 0.4) is 0 Å². The van der Waals surface area contributed by atoms with E-state index in [2.05, 4.69) is 22.0 Å². The van der Waals surface area contributed by atoms with Gasteiger partial charge in [0.1, 0.15) is 5.75 Å². The van der Waals surface area contributed by atoms with Gasteiger partial charge in [-0.05, 0) is 69.5 Å². The summed E-state index contributed by atoms with van der Waals surface area (Å²) in [6.07, 6.45) is 1.73. The molecule has 0 heterocycles. The summed E-state index contributed by atoms with van der Waals surface area (Å²) in [5.41, 5.74) is 2.03. The molecule has 0 radical (unpaired) electrons. The molecule has 0 atom stereocenters. The molecule has 0 amide bonds. The van der Waals surface area contributed by atoms with Crippen molar-refractivity contribution in [3.8, 4) is 23.3 Å². The Balaban J connectivity index is 2.44. The van der Waals surface area contributed by atoms with Crippen LogP contribution < -0.4 is 9.47 Å². The van der Waals surface area contributed by atoms with Gasteiger partial charge in [0.2, 0.25) is 0 Å². The van der Waals surface area contributed by atoms with Crippen LogP contribution in [-0.4, -0.2) is 19.3 Å². The Labute approximate surface area is 137 Å².